The maximum Gasteiger partial charge on any atom is 0.0487 e. The van der Waals surface area contributed by atoms with Gasteiger partial charge in [0.2, 0.25) is 0 Å². The fourth-order valence-electron chi connectivity index (χ4n) is 2.85. The molecule has 0 bridgehead atoms. The topological polar surface area (TPSA) is 20.2 Å². The molecule has 0 aromatic rings. The van der Waals surface area contributed by atoms with E-state index in [1.807, 2.05) is 11.8 Å². The molecule has 1 nitrogen and oxygen atoms in total. The van der Waals surface area contributed by atoms with Gasteiger partial charge in [-0.05, 0) is 54.4 Å². The molecule has 0 aliphatic heterocycles. The maximum atomic E-state index is 9.44. The normalized spacial score (nSPS) is 42.0. The quantitative estimate of drug-likeness (QED) is 0.688. The van der Waals surface area contributed by atoms with Gasteiger partial charge in [0.25, 0.3) is 0 Å². The lowest BCUT2D eigenvalue weighted by atomic mass is 9.81. The predicted molar refractivity (Wildman–Crippen MR) is 58.0 cm³/mol. The Labute approximate surface area is 85.3 Å². The molecule has 0 aromatic heterocycles. The standard InChI is InChI=1S/C11H20OS/c1-2-13-4-3-11(8-12)6-9-5-10(9)7-11/h9-10,12H,2-8H2,1H3. The van der Waals surface area contributed by atoms with Crippen molar-refractivity contribution in [3.05, 3.63) is 0 Å². The highest BCUT2D eigenvalue weighted by atomic mass is 32.2. The summed E-state index contributed by atoms with van der Waals surface area (Å²) in [5.41, 5.74) is 0.343. The summed E-state index contributed by atoms with van der Waals surface area (Å²) in [4.78, 5) is 0. The molecule has 0 amide bonds. The molecule has 13 heavy (non-hydrogen) atoms. The van der Waals surface area contributed by atoms with Crippen molar-refractivity contribution >= 4 is 11.8 Å². The zero-order valence-electron chi connectivity index (χ0n) is 8.46. The van der Waals surface area contributed by atoms with E-state index < -0.39 is 0 Å². The Morgan fingerprint density at radius 2 is 2.08 bits per heavy atom. The van der Waals surface area contributed by atoms with E-state index in [4.69, 9.17) is 0 Å². The van der Waals surface area contributed by atoms with Crippen molar-refractivity contribution < 1.29 is 5.11 Å². The molecule has 2 saturated carbocycles. The number of thioether (sulfide) groups is 1. The summed E-state index contributed by atoms with van der Waals surface area (Å²) in [6.07, 6.45) is 5.34. The lowest BCUT2D eigenvalue weighted by Gasteiger charge is -2.28. The van der Waals surface area contributed by atoms with E-state index >= 15 is 0 Å². The number of hydrogen-bond donors (Lipinski definition) is 1. The Morgan fingerprint density at radius 1 is 1.38 bits per heavy atom. The second-order valence-electron chi connectivity index (χ2n) is 4.77. The van der Waals surface area contributed by atoms with Crippen molar-refractivity contribution in [2.45, 2.75) is 32.6 Å². The largest absolute Gasteiger partial charge is 0.396 e. The predicted octanol–water partition coefficient (Wildman–Crippen LogP) is 2.54. The summed E-state index contributed by atoms with van der Waals surface area (Å²) in [5.74, 6) is 4.46. The Balaban J connectivity index is 1.78. The van der Waals surface area contributed by atoms with Crippen LogP contribution in [0.5, 0.6) is 0 Å². The van der Waals surface area contributed by atoms with Gasteiger partial charge in [0.1, 0.15) is 0 Å². The van der Waals surface area contributed by atoms with Crippen LogP contribution in [-0.2, 0) is 0 Å². The molecule has 0 heterocycles. The van der Waals surface area contributed by atoms with Gasteiger partial charge >= 0.3 is 0 Å². The number of fused-ring (bicyclic) bond motifs is 1. The molecule has 2 aliphatic rings. The molecular weight excluding hydrogens is 180 g/mol. The van der Waals surface area contributed by atoms with Gasteiger partial charge in [-0.1, -0.05) is 6.92 Å². The minimum Gasteiger partial charge on any atom is -0.396 e. The average molecular weight is 200 g/mol. The SMILES string of the molecule is CCSCCC1(CO)CC2CC2C1. The first kappa shape index (κ1) is 9.85. The van der Waals surface area contributed by atoms with Crippen LogP contribution in [0.3, 0.4) is 0 Å². The first-order valence-electron chi connectivity index (χ1n) is 5.48. The van der Waals surface area contributed by atoms with E-state index in [2.05, 4.69) is 6.92 Å². The fraction of sp³-hybridized carbons (Fsp3) is 1.00. The number of aliphatic hydroxyl groups is 1. The minimum absolute atomic E-state index is 0.343. The van der Waals surface area contributed by atoms with E-state index in [0.717, 1.165) is 11.8 Å². The van der Waals surface area contributed by atoms with Crippen molar-refractivity contribution in [3.8, 4) is 0 Å². The van der Waals surface area contributed by atoms with Crippen LogP contribution in [-0.4, -0.2) is 23.2 Å². The van der Waals surface area contributed by atoms with Gasteiger partial charge in [-0.2, -0.15) is 11.8 Å². The molecular formula is C11H20OS. The van der Waals surface area contributed by atoms with Gasteiger partial charge in [-0.3, -0.25) is 0 Å². The van der Waals surface area contributed by atoms with Crippen molar-refractivity contribution in [3.63, 3.8) is 0 Å². The van der Waals surface area contributed by atoms with Gasteiger partial charge < -0.3 is 5.11 Å². The lowest BCUT2D eigenvalue weighted by molar-refractivity contribution is 0.114. The smallest absolute Gasteiger partial charge is 0.0487 e. The third kappa shape index (κ3) is 2.04. The van der Waals surface area contributed by atoms with Crippen LogP contribution in [0.4, 0.5) is 0 Å². The second kappa shape index (κ2) is 3.82. The van der Waals surface area contributed by atoms with Crippen LogP contribution >= 0.6 is 11.8 Å². The first-order chi connectivity index (χ1) is 6.29. The Morgan fingerprint density at radius 3 is 2.62 bits per heavy atom. The third-order valence-electron chi connectivity index (χ3n) is 3.78. The Hall–Kier alpha value is 0.310. The van der Waals surface area contributed by atoms with Crippen LogP contribution < -0.4 is 0 Å². The van der Waals surface area contributed by atoms with Gasteiger partial charge in [0.15, 0.2) is 0 Å². The second-order valence-corrected chi connectivity index (χ2v) is 6.16. The van der Waals surface area contributed by atoms with Crippen molar-refractivity contribution in [2.24, 2.45) is 17.3 Å². The van der Waals surface area contributed by atoms with Crippen LogP contribution in [0.25, 0.3) is 0 Å². The van der Waals surface area contributed by atoms with E-state index in [1.165, 1.54) is 37.2 Å². The van der Waals surface area contributed by atoms with E-state index in [9.17, 15) is 5.11 Å². The number of hydrogen-bond acceptors (Lipinski definition) is 2. The zero-order valence-corrected chi connectivity index (χ0v) is 9.28. The highest BCUT2D eigenvalue weighted by Gasteiger charge is 2.52. The molecule has 0 radical (unpaired) electrons. The molecule has 2 rings (SSSR count). The van der Waals surface area contributed by atoms with Crippen molar-refractivity contribution in [1.29, 1.82) is 0 Å². The van der Waals surface area contributed by atoms with Crippen molar-refractivity contribution in [1.82, 2.24) is 0 Å². The van der Waals surface area contributed by atoms with Crippen LogP contribution in [0.15, 0.2) is 0 Å². The van der Waals surface area contributed by atoms with Crippen LogP contribution in [0.1, 0.15) is 32.6 Å². The number of rotatable bonds is 5. The van der Waals surface area contributed by atoms with Gasteiger partial charge in [0.05, 0.1) is 0 Å². The molecule has 2 unspecified atom stereocenters. The van der Waals surface area contributed by atoms with Gasteiger partial charge in [0, 0.05) is 6.61 Å². The van der Waals surface area contributed by atoms with Gasteiger partial charge in [-0.25, -0.2) is 0 Å². The summed E-state index contributed by atoms with van der Waals surface area (Å²) in [6.45, 7) is 2.65. The molecule has 2 fully saturated rings. The highest BCUT2D eigenvalue weighted by molar-refractivity contribution is 7.99. The van der Waals surface area contributed by atoms with Crippen molar-refractivity contribution in [2.75, 3.05) is 18.1 Å². The Kier molecular flexibility index (Phi) is 2.89. The average Bonchev–Trinajstić information content (AvgIpc) is 2.76. The van der Waals surface area contributed by atoms with E-state index in [-0.39, 0.29) is 0 Å². The molecule has 2 atom stereocenters. The van der Waals surface area contributed by atoms with E-state index in [1.54, 1.807) is 0 Å². The lowest BCUT2D eigenvalue weighted by Crippen LogP contribution is -2.24. The third-order valence-corrected chi connectivity index (χ3v) is 4.68. The first-order valence-corrected chi connectivity index (χ1v) is 6.64. The molecule has 1 N–H and O–H groups in total. The summed E-state index contributed by atoms with van der Waals surface area (Å²) < 4.78 is 0. The van der Waals surface area contributed by atoms with Crippen LogP contribution in [0.2, 0.25) is 0 Å². The maximum absolute atomic E-state index is 9.44. The van der Waals surface area contributed by atoms with Gasteiger partial charge in [-0.15, -0.1) is 0 Å². The summed E-state index contributed by atoms with van der Waals surface area (Å²) in [5, 5.41) is 9.44. The van der Waals surface area contributed by atoms with E-state index in [0.29, 0.717) is 12.0 Å². The zero-order chi connectivity index (χ0) is 9.31. The summed E-state index contributed by atoms with van der Waals surface area (Å²) in [7, 11) is 0. The minimum atomic E-state index is 0.343. The molecule has 2 aliphatic carbocycles. The van der Waals surface area contributed by atoms with Crippen LogP contribution in [0, 0.1) is 17.3 Å². The Bertz CT molecular complexity index is 171. The molecule has 76 valence electrons. The summed E-state index contributed by atoms with van der Waals surface area (Å²) in [6, 6.07) is 0. The molecule has 0 spiro atoms. The molecule has 0 aromatic carbocycles. The molecule has 0 saturated heterocycles. The fourth-order valence-corrected chi connectivity index (χ4v) is 3.72. The highest BCUT2D eigenvalue weighted by Crippen LogP contribution is 2.61. The summed E-state index contributed by atoms with van der Waals surface area (Å²) >= 11 is 2.01. The number of aliphatic hydroxyl groups excluding tert-OH is 1. The molecule has 2 heteroatoms. The monoisotopic (exact) mass is 200 g/mol.